The lowest BCUT2D eigenvalue weighted by Gasteiger charge is -2.24. The molecule has 0 unspecified atom stereocenters. The van der Waals surface area contributed by atoms with Crippen LogP contribution in [-0.4, -0.2) is 53.9 Å². The maximum absolute atomic E-state index is 12.6. The molecule has 4 nitrogen and oxygen atoms in total. The van der Waals surface area contributed by atoms with Crippen LogP contribution >= 0.6 is 0 Å². The van der Waals surface area contributed by atoms with Gasteiger partial charge in [-0.2, -0.15) is 0 Å². The largest absolute Gasteiger partial charge is 0.344 e. The molecule has 108 valence electrons. The summed E-state index contributed by atoms with van der Waals surface area (Å²) in [5.41, 5.74) is 2.24. The van der Waals surface area contributed by atoms with E-state index < -0.39 is 0 Å². The standard InChI is InChI=1S/C16H23N3O/c1-18(13-6-7-13)10-11-19(2)16(20)14-8-5-12-4-3-9-17-15(12)14/h3-4,9,13-14H,5-8,10-11H2,1-2H3/t14-/m1/s1. The summed E-state index contributed by atoms with van der Waals surface area (Å²) in [7, 11) is 4.08. The number of pyridine rings is 1. The molecule has 0 bridgehead atoms. The third kappa shape index (κ3) is 2.70. The Bertz CT molecular complexity index is 498. The normalized spacial score (nSPS) is 21.1. The number of rotatable bonds is 5. The van der Waals surface area contributed by atoms with Crippen LogP contribution in [0.4, 0.5) is 0 Å². The number of carbonyl (C=O) groups excluding carboxylic acids is 1. The monoisotopic (exact) mass is 273 g/mol. The number of carbonyl (C=O) groups is 1. The fourth-order valence-corrected chi connectivity index (χ4v) is 3.03. The lowest BCUT2D eigenvalue weighted by Crippen LogP contribution is -2.37. The Kier molecular flexibility index (Phi) is 3.74. The number of nitrogens with zero attached hydrogens (tertiary/aromatic N) is 3. The highest BCUT2D eigenvalue weighted by Crippen LogP contribution is 2.32. The van der Waals surface area contributed by atoms with Crippen LogP contribution in [0.5, 0.6) is 0 Å². The Hall–Kier alpha value is -1.42. The topological polar surface area (TPSA) is 36.4 Å². The molecule has 2 aliphatic carbocycles. The van der Waals surface area contributed by atoms with Crippen LogP contribution in [0.15, 0.2) is 18.3 Å². The van der Waals surface area contributed by atoms with Gasteiger partial charge in [0.25, 0.3) is 0 Å². The summed E-state index contributed by atoms with van der Waals surface area (Å²) >= 11 is 0. The van der Waals surface area contributed by atoms with Crippen molar-refractivity contribution in [1.29, 1.82) is 0 Å². The van der Waals surface area contributed by atoms with Crippen molar-refractivity contribution in [1.82, 2.24) is 14.8 Å². The van der Waals surface area contributed by atoms with Crippen LogP contribution in [0.1, 0.15) is 36.4 Å². The van der Waals surface area contributed by atoms with Crippen molar-refractivity contribution in [2.24, 2.45) is 0 Å². The Morgan fingerprint density at radius 2 is 2.10 bits per heavy atom. The quantitative estimate of drug-likeness (QED) is 0.819. The van der Waals surface area contributed by atoms with Crippen molar-refractivity contribution in [2.45, 2.75) is 37.6 Å². The molecule has 1 aromatic heterocycles. The zero-order valence-corrected chi connectivity index (χ0v) is 12.4. The van der Waals surface area contributed by atoms with Gasteiger partial charge in [-0.1, -0.05) is 6.07 Å². The molecule has 1 atom stereocenters. The van der Waals surface area contributed by atoms with Crippen molar-refractivity contribution < 1.29 is 4.79 Å². The Morgan fingerprint density at radius 3 is 2.85 bits per heavy atom. The van der Waals surface area contributed by atoms with E-state index in [1.807, 2.05) is 18.0 Å². The van der Waals surface area contributed by atoms with E-state index in [2.05, 4.69) is 23.0 Å². The number of fused-ring (bicyclic) bond motifs is 1. The van der Waals surface area contributed by atoms with Gasteiger partial charge in [0.1, 0.15) is 0 Å². The second-order valence-corrected chi connectivity index (χ2v) is 6.11. The van der Waals surface area contributed by atoms with E-state index in [0.29, 0.717) is 0 Å². The maximum Gasteiger partial charge on any atom is 0.231 e. The fraction of sp³-hybridized carbons (Fsp3) is 0.625. The highest BCUT2D eigenvalue weighted by Gasteiger charge is 2.32. The Balaban J connectivity index is 1.58. The minimum Gasteiger partial charge on any atom is -0.344 e. The van der Waals surface area contributed by atoms with E-state index in [4.69, 9.17) is 0 Å². The van der Waals surface area contributed by atoms with Crippen LogP contribution in [0.25, 0.3) is 0 Å². The van der Waals surface area contributed by atoms with Gasteiger partial charge in [-0.05, 0) is 44.4 Å². The molecule has 0 spiro atoms. The zero-order valence-electron chi connectivity index (χ0n) is 12.4. The summed E-state index contributed by atoms with van der Waals surface area (Å²) < 4.78 is 0. The molecule has 1 saturated carbocycles. The molecule has 2 aliphatic rings. The van der Waals surface area contributed by atoms with E-state index in [0.717, 1.165) is 37.7 Å². The molecule has 1 aromatic rings. The van der Waals surface area contributed by atoms with Gasteiger partial charge in [0.05, 0.1) is 11.6 Å². The number of aryl methyl sites for hydroxylation is 1. The van der Waals surface area contributed by atoms with E-state index in [-0.39, 0.29) is 11.8 Å². The Labute approximate surface area is 120 Å². The summed E-state index contributed by atoms with van der Waals surface area (Å²) in [4.78, 5) is 21.2. The van der Waals surface area contributed by atoms with Crippen LogP contribution in [0.2, 0.25) is 0 Å². The van der Waals surface area contributed by atoms with Crippen LogP contribution in [0.3, 0.4) is 0 Å². The van der Waals surface area contributed by atoms with Gasteiger partial charge in [0.15, 0.2) is 0 Å². The number of hydrogen-bond donors (Lipinski definition) is 0. The molecule has 0 aromatic carbocycles. The van der Waals surface area contributed by atoms with Gasteiger partial charge in [-0.25, -0.2) is 0 Å². The molecule has 1 fully saturated rings. The average Bonchev–Trinajstić information content (AvgIpc) is 3.23. The number of hydrogen-bond acceptors (Lipinski definition) is 3. The fourth-order valence-electron chi connectivity index (χ4n) is 3.03. The molecule has 3 rings (SSSR count). The maximum atomic E-state index is 12.6. The molecule has 0 radical (unpaired) electrons. The van der Waals surface area contributed by atoms with Crippen molar-refractivity contribution in [3.05, 3.63) is 29.6 Å². The number of likely N-dealkylation sites (N-methyl/N-ethyl adjacent to an activating group) is 2. The Morgan fingerprint density at radius 1 is 1.30 bits per heavy atom. The highest BCUT2D eigenvalue weighted by molar-refractivity contribution is 5.84. The predicted octanol–water partition coefficient (Wildman–Crippen LogP) is 1.66. The first kappa shape index (κ1) is 13.6. The molecule has 4 heteroatoms. The molecule has 20 heavy (non-hydrogen) atoms. The minimum atomic E-state index is -0.0255. The molecular weight excluding hydrogens is 250 g/mol. The van der Waals surface area contributed by atoms with Crippen LogP contribution in [-0.2, 0) is 11.2 Å². The summed E-state index contributed by atoms with van der Waals surface area (Å²) in [5, 5.41) is 0. The van der Waals surface area contributed by atoms with E-state index >= 15 is 0 Å². The van der Waals surface area contributed by atoms with Crippen LogP contribution < -0.4 is 0 Å². The van der Waals surface area contributed by atoms with Crippen molar-refractivity contribution >= 4 is 5.91 Å². The third-order valence-corrected chi connectivity index (χ3v) is 4.59. The van der Waals surface area contributed by atoms with Gasteiger partial charge < -0.3 is 9.80 Å². The van der Waals surface area contributed by atoms with Gasteiger partial charge >= 0.3 is 0 Å². The second kappa shape index (κ2) is 5.52. The van der Waals surface area contributed by atoms with Crippen molar-refractivity contribution in [3.8, 4) is 0 Å². The molecule has 1 heterocycles. The van der Waals surface area contributed by atoms with Gasteiger partial charge in [-0.15, -0.1) is 0 Å². The first-order chi connectivity index (χ1) is 9.66. The van der Waals surface area contributed by atoms with Crippen LogP contribution in [0, 0.1) is 0 Å². The zero-order chi connectivity index (χ0) is 14.1. The van der Waals surface area contributed by atoms with Gasteiger partial charge in [0, 0.05) is 32.4 Å². The molecule has 0 saturated heterocycles. The van der Waals surface area contributed by atoms with E-state index in [9.17, 15) is 4.79 Å². The third-order valence-electron chi connectivity index (χ3n) is 4.59. The first-order valence-electron chi connectivity index (χ1n) is 7.56. The predicted molar refractivity (Wildman–Crippen MR) is 78.6 cm³/mol. The number of amides is 1. The number of aromatic nitrogens is 1. The summed E-state index contributed by atoms with van der Waals surface area (Å²) in [5.74, 6) is 0.203. The molecular formula is C16H23N3O. The highest BCUT2D eigenvalue weighted by atomic mass is 16.2. The molecule has 0 aliphatic heterocycles. The van der Waals surface area contributed by atoms with Gasteiger partial charge in [0.2, 0.25) is 5.91 Å². The summed E-state index contributed by atoms with van der Waals surface area (Å²) in [6.07, 6.45) is 6.32. The smallest absolute Gasteiger partial charge is 0.231 e. The first-order valence-corrected chi connectivity index (χ1v) is 7.56. The van der Waals surface area contributed by atoms with E-state index in [1.165, 1.54) is 18.4 Å². The molecule has 0 N–H and O–H groups in total. The lowest BCUT2D eigenvalue weighted by molar-refractivity contribution is -0.131. The lowest BCUT2D eigenvalue weighted by atomic mass is 10.1. The van der Waals surface area contributed by atoms with E-state index in [1.54, 1.807) is 6.20 Å². The van der Waals surface area contributed by atoms with Crippen molar-refractivity contribution in [3.63, 3.8) is 0 Å². The van der Waals surface area contributed by atoms with Crippen molar-refractivity contribution in [2.75, 3.05) is 27.2 Å². The van der Waals surface area contributed by atoms with Gasteiger partial charge in [-0.3, -0.25) is 9.78 Å². The minimum absolute atomic E-state index is 0.0255. The second-order valence-electron chi connectivity index (χ2n) is 6.11. The summed E-state index contributed by atoms with van der Waals surface area (Å²) in [6.45, 7) is 1.78. The molecule has 1 amide bonds. The SMILES string of the molecule is CN(CCN(C)C1CC1)C(=O)[C@@H]1CCc2cccnc21. The average molecular weight is 273 g/mol. The summed E-state index contributed by atoms with van der Waals surface area (Å²) in [6, 6.07) is 4.81.